The number of hydrogen-bond acceptors (Lipinski definition) is 5. The number of carbonyl (C=O) groups is 1. The fraction of sp³-hybridized carbons (Fsp3) is 0.423. The Bertz CT molecular complexity index is 1130. The Balaban J connectivity index is 1.33. The van der Waals surface area contributed by atoms with Crippen LogP contribution in [0.4, 0.5) is 11.4 Å². The standard InChI is InChI=1S/C26H31Cl2N5O/c1-17(21-7-6-20(27)16-22(21)28)33-24-15-19(5-8-23(24)30-31-33)18-9-13-32(14-10-18)25(34)26(29)11-3-2-4-12-26/h5-9,15-17,30-31H,2-4,10-14,29H2,1H3/t17-/m1/s1. The zero-order valence-corrected chi connectivity index (χ0v) is 20.9. The molecule has 4 N–H and O–H groups in total. The first-order chi connectivity index (χ1) is 16.4. The van der Waals surface area contributed by atoms with Crippen LogP contribution in [0.1, 0.15) is 62.6 Å². The van der Waals surface area contributed by atoms with Gasteiger partial charge < -0.3 is 16.1 Å². The predicted molar refractivity (Wildman–Crippen MR) is 140 cm³/mol. The van der Waals surface area contributed by atoms with Gasteiger partial charge in [-0.3, -0.25) is 9.80 Å². The monoisotopic (exact) mass is 499 g/mol. The second-order valence-electron chi connectivity index (χ2n) is 9.63. The number of rotatable bonds is 4. The van der Waals surface area contributed by atoms with E-state index >= 15 is 0 Å². The molecule has 0 unspecified atom stereocenters. The zero-order chi connectivity index (χ0) is 23.9. The van der Waals surface area contributed by atoms with E-state index in [-0.39, 0.29) is 11.9 Å². The number of halogens is 2. The van der Waals surface area contributed by atoms with E-state index < -0.39 is 5.54 Å². The number of nitrogens with one attached hydrogen (secondary N) is 2. The molecule has 2 aromatic carbocycles. The highest BCUT2D eigenvalue weighted by Gasteiger charge is 2.38. The SMILES string of the molecule is C[C@H](c1ccc(Cl)cc1Cl)N1NNc2ccc(C3=CCN(C(=O)C4(N)CCCCC4)CC3)cc21. The maximum absolute atomic E-state index is 13.1. The molecule has 1 saturated carbocycles. The molecule has 8 heteroatoms. The number of amides is 1. The van der Waals surface area contributed by atoms with E-state index in [1.165, 1.54) is 12.0 Å². The van der Waals surface area contributed by atoms with Crippen molar-refractivity contribution in [3.63, 3.8) is 0 Å². The van der Waals surface area contributed by atoms with Crippen LogP contribution < -0.4 is 21.7 Å². The van der Waals surface area contributed by atoms with E-state index in [1.807, 2.05) is 17.0 Å². The van der Waals surface area contributed by atoms with Crippen LogP contribution in [0.2, 0.25) is 10.0 Å². The quantitative estimate of drug-likeness (QED) is 0.504. The molecule has 2 aromatic rings. The minimum Gasteiger partial charge on any atom is -0.337 e. The van der Waals surface area contributed by atoms with Gasteiger partial charge in [0.1, 0.15) is 0 Å². The summed E-state index contributed by atoms with van der Waals surface area (Å²) in [4.78, 5) is 15.0. The molecule has 34 heavy (non-hydrogen) atoms. The van der Waals surface area contributed by atoms with Gasteiger partial charge in [0.2, 0.25) is 5.91 Å². The molecule has 2 heterocycles. The fourth-order valence-electron chi connectivity index (χ4n) is 5.33. The second-order valence-corrected chi connectivity index (χ2v) is 10.5. The lowest BCUT2D eigenvalue weighted by atomic mass is 9.81. The highest BCUT2D eigenvalue weighted by molar-refractivity contribution is 6.35. The summed E-state index contributed by atoms with van der Waals surface area (Å²) in [6.45, 7) is 3.42. The number of hydrogen-bond donors (Lipinski definition) is 3. The number of nitrogens with two attached hydrogens (primary N) is 1. The minimum atomic E-state index is -0.673. The summed E-state index contributed by atoms with van der Waals surface area (Å²) in [5.41, 5.74) is 17.8. The van der Waals surface area contributed by atoms with Gasteiger partial charge in [-0.25, -0.2) is 0 Å². The number of nitrogens with zero attached hydrogens (tertiary/aromatic N) is 2. The lowest BCUT2D eigenvalue weighted by molar-refractivity contribution is -0.137. The summed E-state index contributed by atoms with van der Waals surface area (Å²) in [7, 11) is 0. The summed E-state index contributed by atoms with van der Waals surface area (Å²) in [5, 5.41) is 3.34. The lowest BCUT2D eigenvalue weighted by Gasteiger charge is -2.38. The molecule has 0 aromatic heterocycles. The van der Waals surface area contributed by atoms with Crippen molar-refractivity contribution >= 4 is 46.1 Å². The molecule has 2 aliphatic heterocycles. The molecule has 1 amide bonds. The molecular formula is C26H31Cl2N5O. The Morgan fingerprint density at radius 1 is 1.12 bits per heavy atom. The van der Waals surface area contributed by atoms with Crippen molar-refractivity contribution in [1.29, 1.82) is 0 Å². The highest BCUT2D eigenvalue weighted by Crippen LogP contribution is 2.40. The topological polar surface area (TPSA) is 73.6 Å². The summed E-state index contributed by atoms with van der Waals surface area (Å²) < 4.78 is 0. The largest absolute Gasteiger partial charge is 0.337 e. The number of benzene rings is 2. The van der Waals surface area contributed by atoms with Gasteiger partial charge in [0.05, 0.1) is 23.0 Å². The summed E-state index contributed by atoms with van der Waals surface area (Å²) >= 11 is 12.6. The molecule has 3 aliphatic rings. The summed E-state index contributed by atoms with van der Waals surface area (Å²) in [5.74, 6) is 0.115. The molecular weight excluding hydrogens is 469 g/mol. The smallest absolute Gasteiger partial charge is 0.242 e. The Hall–Kier alpha value is -2.25. The molecule has 1 fully saturated rings. The average molecular weight is 500 g/mol. The third-order valence-electron chi connectivity index (χ3n) is 7.41. The zero-order valence-electron chi connectivity index (χ0n) is 19.4. The van der Waals surface area contributed by atoms with E-state index in [1.54, 1.807) is 6.07 Å². The second kappa shape index (κ2) is 9.42. The molecule has 0 radical (unpaired) electrons. The third kappa shape index (κ3) is 4.40. The Morgan fingerprint density at radius 3 is 2.62 bits per heavy atom. The third-order valence-corrected chi connectivity index (χ3v) is 7.97. The molecule has 5 rings (SSSR count). The van der Waals surface area contributed by atoms with Crippen LogP contribution in [0.3, 0.4) is 0 Å². The van der Waals surface area contributed by atoms with E-state index in [0.717, 1.165) is 54.6 Å². The Kier molecular flexibility index (Phi) is 6.51. The van der Waals surface area contributed by atoms with Crippen LogP contribution in [0.25, 0.3) is 5.57 Å². The minimum absolute atomic E-state index is 0.0153. The fourth-order valence-corrected chi connectivity index (χ4v) is 5.90. The van der Waals surface area contributed by atoms with Gasteiger partial charge in [0.25, 0.3) is 0 Å². The van der Waals surface area contributed by atoms with E-state index in [9.17, 15) is 4.79 Å². The van der Waals surface area contributed by atoms with Crippen LogP contribution in [-0.2, 0) is 4.79 Å². The van der Waals surface area contributed by atoms with Gasteiger partial charge in [0.15, 0.2) is 0 Å². The summed E-state index contributed by atoms with van der Waals surface area (Å²) in [6, 6.07) is 12.0. The first-order valence-electron chi connectivity index (χ1n) is 12.0. The van der Waals surface area contributed by atoms with Crippen LogP contribution in [0, 0.1) is 0 Å². The molecule has 1 atom stereocenters. The van der Waals surface area contributed by atoms with Crippen molar-refractivity contribution in [3.05, 3.63) is 63.6 Å². The number of anilines is 2. The first-order valence-corrected chi connectivity index (χ1v) is 12.8. The lowest BCUT2D eigenvalue weighted by Crippen LogP contribution is -2.56. The normalized spacial score (nSPS) is 20.4. The van der Waals surface area contributed by atoms with E-state index in [4.69, 9.17) is 28.9 Å². The van der Waals surface area contributed by atoms with Crippen LogP contribution in [-0.4, -0.2) is 29.4 Å². The van der Waals surface area contributed by atoms with Gasteiger partial charge in [-0.2, -0.15) is 0 Å². The van der Waals surface area contributed by atoms with Gasteiger partial charge >= 0.3 is 0 Å². The highest BCUT2D eigenvalue weighted by atomic mass is 35.5. The summed E-state index contributed by atoms with van der Waals surface area (Å²) in [6.07, 6.45) is 7.87. The van der Waals surface area contributed by atoms with Crippen molar-refractivity contribution in [3.8, 4) is 0 Å². The van der Waals surface area contributed by atoms with Crippen molar-refractivity contribution < 1.29 is 4.79 Å². The van der Waals surface area contributed by atoms with E-state index in [0.29, 0.717) is 23.1 Å². The molecule has 0 bridgehead atoms. The molecule has 0 spiro atoms. The molecule has 180 valence electrons. The molecule has 0 saturated heterocycles. The van der Waals surface area contributed by atoms with Gasteiger partial charge in [-0.1, -0.05) is 60.7 Å². The maximum atomic E-state index is 13.1. The number of hydrazine groups is 2. The van der Waals surface area contributed by atoms with Crippen molar-refractivity contribution in [2.45, 2.75) is 57.0 Å². The van der Waals surface area contributed by atoms with Crippen LogP contribution in [0.5, 0.6) is 0 Å². The average Bonchev–Trinajstić information content (AvgIpc) is 3.27. The Labute approximate surface area is 211 Å². The predicted octanol–water partition coefficient (Wildman–Crippen LogP) is 5.68. The van der Waals surface area contributed by atoms with Crippen molar-refractivity contribution in [2.24, 2.45) is 5.73 Å². The van der Waals surface area contributed by atoms with Gasteiger partial charge in [-0.15, -0.1) is 5.53 Å². The first kappa shape index (κ1) is 23.5. The van der Waals surface area contributed by atoms with Crippen LogP contribution >= 0.6 is 23.2 Å². The molecule has 1 aliphatic carbocycles. The van der Waals surface area contributed by atoms with E-state index in [2.05, 4.69) is 47.2 Å². The Morgan fingerprint density at radius 2 is 1.91 bits per heavy atom. The van der Waals surface area contributed by atoms with Crippen LogP contribution in [0.15, 0.2) is 42.5 Å². The molecule has 6 nitrogen and oxygen atoms in total. The van der Waals surface area contributed by atoms with Crippen molar-refractivity contribution in [2.75, 3.05) is 23.5 Å². The van der Waals surface area contributed by atoms with Gasteiger partial charge in [0, 0.05) is 23.1 Å². The number of fused-ring (bicyclic) bond motifs is 1. The van der Waals surface area contributed by atoms with Gasteiger partial charge in [-0.05, 0) is 67.2 Å². The van der Waals surface area contributed by atoms with Crippen molar-refractivity contribution in [1.82, 2.24) is 10.4 Å². The maximum Gasteiger partial charge on any atom is 0.242 e. The number of carbonyl (C=O) groups excluding carboxylic acids is 1.